The van der Waals surface area contributed by atoms with E-state index in [4.69, 9.17) is 0 Å². The van der Waals surface area contributed by atoms with Gasteiger partial charge in [-0.15, -0.1) is 0 Å². The molecule has 0 saturated carbocycles. The fraction of sp³-hybridized carbons (Fsp3) is 0.643. The first kappa shape index (κ1) is 14.7. The molecular weight excluding hydrogens is 256 g/mol. The lowest BCUT2D eigenvalue weighted by molar-refractivity contribution is -0.385. The molecule has 1 fully saturated rings. The predicted molar refractivity (Wildman–Crippen MR) is 79.0 cm³/mol. The number of pyridine rings is 1. The first-order chi connectivity index (χ1) is 9.70. The molecule has 0 amide bonds. The van der Waals surface area contributed by atoms with E-state index in [-0.39, 0.29) is 5.69 Å². The maximum Gasteiger partial charge on any atom is 0.287 e. The molecule has 1 saturated heterocycles. The van der Waals surface area contributed by atoms with E-state index in [2.05, 4.69) is 22.1 Å². The van der Waals surface area contributed by atoms with Crippen molar-refractivity contribution in [2.45, 2.75) is 38.6 Å². The highest BCUT2D eigenvalue weighted by Gasteiger charge is 2.19. The van der Waals surface area contributed by atoms with Crippen LogP contribution in [0.15, 0.2) is 18.3 Å². The second-order valence-corrected chi connectivity index (χ2v) is 5.22. The van der Waals surface area contributed by atoms with E-state index in [0.717, 1.165) is 38.3 Å². The monoisotopic (exact) mass is 278 g/mol. The van der Waals surface area contributed by atoms with Gasteiger partial charge in [0.1, 0.15) is 12.0 Å². The van der Waals surface area contributed by atoms with Gasteiger partial charge in [0.2, 0.25) is 0 Å². The molecule has 1 aliphatic heterocycles. The number of unbranched alkanes of at least 4 members (excludes halogenated alkanes) is 1. The molecule has 1 aliphatic rings. The molecule has 1 aromatic heterocycles. The van der Waals surface area contributed by atoms with Crippen LogP contribution in [0.1, 0.15) is 32.6 Å². The number of hydrogen-bond donors (Lipinski definition) is 1. The van der Waals surface area contributed by atoms with E-state index in [0.29, 0.717) is 6.04 Å². The molecule has 0 spiro atoms. The zero-order valence-corrected chi connectivity index (χ0v) is 11.9. The van der Waals surface area contributed by atoms with Crippen LogP contribution in [-0.4, -0.2) is 35.6 Å². The van der Waals surface area contributed by atoms with Crippen molar-refractivity contribution >= 4 is 11.5 Å². The van der Waals surface area contributed by atoms with E-state index in [1.165, 1.54) is 25.1 Å². The van der Waals surface area contributed by atoms with Crippen molar-refractivity contribution in [2.75, 3.05) is 24.5 Å². The van der Waals surface area contributed by atoms with Crippen molar-refractivity contribution in [3.05, 3.63) is 28.4 Å². The molecule has 0 radical (unpaired) electrons. The number of nitrogens with one attached hydrogen (secondary N) is 1. The van der Waals surface area contributed by atoms with Gasteiger partial charge in [0.15, 0.2) is 0 Å². The Morgan fingerprint density at radius 3 is 2.95 bits per heavy atom. The van der Waals surface area contributed by atoms with Crippen LogP contribution in [0.4, 0.5) is 11.5 Å². The Morgan fingerprint density at radius 1 is 1.55 bits per heavy atom. The van der Waals surface area contributed by atoms with Gasteiger partial charge in [-0.25, -0.2) is 4.98 Å². The largest absolute Gasteiger partial charge is 0.355 e. The summed E-state index contributed by atoms with van der Waals surface area (Å²) in [7, 11) is 0. The summed E-state index contributed by atoms with van der Waals surface area (Å²) >= 11 is 0. The zero-order valence-electron chi connectivity index (χ0n) is 11.9. The lowest BCUT2D eigenvalue weighted by Crippen LogP contribution is -2.38. The van der Waals surface area contributed by atoms with Crippen LogP contribution >= 0.6 is 0 Å². The highest BCUT2D eigenvalue weighted by Crippen LogP contribution is 2.18. The zero-order chi connectivity index (χ0) is 14.4. The van der Waals surface area contributed by atoms with Gasteiger partial charge in [-0.2, -0.15) is 0 Å². The Balaban J connectivity index is 2.05. The fourth-order valence-electron chi connectivity index (χ4n) is 2.50. The van der Waals surface area contributed by atoms with E-state index in [9.17, 15) is 10.1 Å². The van der Waals surface area contributed by atoms with Gasteiger partial charge in [-0.05, 0) is 31.9 Å². The molecule has 2 heterocycles. The fourth-order valence-corrected chi connectivity index (χ4v) is 2.50. The quantitative estimate of drug-likeness (QED) is 0.612. The Labute approximate surface area is 119 Å². The average Bonchev–Trinajstić information content (AvgIpc) is 2.96. The summed E-state index contributed by atoms with van der Waals surface area (Å²) in [6, 6.07) is 3.79. The van der Waals surface area contributed by atoms with Crippen LogP contribution in [-0.2, 0) is 0 Å². The molecule has 0 aliphatic carbocycles. The predicted octanol–water partition coefficient (Wildman–Crippen LogP) is 2.35. The molecule has 1 atom stereocenters. The van der Waals surface area contributed by atoms with Gasteiger partial charge in [0, 0.05) is 25.2 Å². The molecule has 1 aromatic rings. The first-order valence-corrected chi connectivity index (χ1v) is 7.29. The van der Waals surface area contributed by atoms with E-state index < -0.39 is 4.92 Å². The number of hydrogen-bond acceptors (Lipinski definition) is 5. The smallest absolute Gasteiger partial charge is 0.287 e. The van der Waals surface area contributed by atoms with E-state index >= 15 is 0 Å². The molecular formula is C14H22N4O2. The Hall–Kier alpha value is -1.69. The minimum absolute atomic E-state index is 0.0446. The van der Waals surface area contributed by atoms with Crippen molar-refractivity contribution in [3.8, 4) is 0 Å². The van der Waals surface area contributed by atoms with Crippen LogP contribution in [0.5, 0.6) is 0 Å². The van der Waals surface area contributed by atoms with Crippen molar-refractivity contribution in [2.24, 2.45) is 0 Å². The maximum absolute atomic E-state index is 10.7. The second-order valence-electron chi connectivity index (χ2n) is 5.22. The number of nitro groups is 1. The first-order valence-electron chi connectivity index (χ1n) is 7.29. The summed E-state index contributed by atoms with van der Waals surface area (Å²) in [6.45, 7) is 5.11. The summed E-state index contributed by atoms with van der Waals surface area (Å²) in [5.74, 6) is 0.831. The van der Waals surface area contributed by atoms with Gasteiger partial charge in [-0.1, -0.05) is 13.3 Å². The van der Waals surface area contributed by atoms with E-state index in [1.807, 2.05) is 0 Å². The summed E-state index contributed by atoms with van der Waals surface area (Å²) in [4.78, 5) is 16.7. The van der Waals surface area contributed by atoms with E-state index in [1.54, 1.807) is 6.07 Å². The molecule has 6 heteroatoms. The third-order valence-electron chi connectivity index (χ3n) is 3.65. The van der Waals surface area contributed by atoms with Crippen LogP contribution in [0, 0.1) is 10.1 Å². The van der Waals surface area contributed by atoms with Crippen LogP contribution < -0.4 is 10.2 Å². The Bertz CT molecular complexity index is 429. The average molecular weight is 278 g/mol. The molecule has 110 valence electrons. The minimum Gasteiger partial charge on any atom is -0.355 e. The molecule has 2 rings (SSSR count). The van der Waals surface area contributed by atoms with Crippen LogP contribution in [0.3, 0.4) is 0 Å². The molecule has 1 N–H and O–H groups in total. The summed E-state index contributed by atoms with van der Waals surface area (Å²) in [5.41, 5.74) is 0.0446. The molecule has 0 bridgehead atoms. The number of rotatable bonds is 7. The standard InChI is InChI=1S/C14H22N4O2/c1-2-3-9-17(11-12-5-4-8-15-12)14-7-6-13(10-16-14)18(19)20/h6-7,10,12,15H,2-5,8-9,11H2,1H3. The highest BCUT2D eigenvalue weighted by atomic mass is 16.6. The summed E-state index contributed by atoms with van der Waals surface area (Å²) in [6.07, 6.45) is 5.99. The van der Waals surface area contributed by atoms with Crippen LogP contribution in [0.2, 0.25) is 0 Å². The number of anilines is 1. The molecule has 1 unspecified atom stereocenters. The minimum atomic E-state index is -0.411. The Kier molecular flexibility index (Phi) is 5.29. The maximum atomic E-state index is 10.7. The molecule has 0 aromatic carbocycles. The van der Waals surface area contributed by atoms with Gasteiger partial charge < -0.3 is 10.2 Å². The molecule has 20 heavy (non-hydrogen) atoms. The van der Waals surface area contributed by atoms with Gasteiger partial charge in [-0.3, -0.25) is 10.1 Å². The SMILES string of the molecule is CCCCN(CC1CCCN1)c1ccc([N+](=O)[O-])cn1. The van der Waals surface area contributed by atoms with Crippen molar-refractivity contribution in [1.82, 2.24) is 10.3 Å². The third kappa shape index (κ3) is 3.90. The molecule has 6 nitrogen and oxygen atoms in total. The highest BCUT2D eigenvalue weighted by molar-refractivity contribution is 5.43. The topological polar surface area (TPSA) is 71.3 Å². The second kappa shape index (κ2) is 7.19. The Morgan fingerprint density at radius 2 is 2.40 bits per heavy atom. The van der Waals surface area contributed by atoms with Crippen molar-refractivity contribution in [3.63, 3.8) is 0 Å². The van der Waals surface area contributed by atoms with Crippen LogP contribution in [0.25, 0.3) is 0 Å². The van der Waals surface area contributed by atoms with Gasteiger partial charge >= 0.3 is 0 Å². The van der Waals surface area contributed by atoms with Crippen molar-refractivity contribution < 1.29 is 4.92 Å². The summed E-state index contributed by atoms with van der Waals surface area (Å²) in [5, 5.41) is 14.2. The lowest BCUT2D eigenvalue weighted by Gasteiger charge is -2.26. The summed E-state index contributed by atoms with van der Waals surface area (Å²) < 4.78 is 0. The normalized spacial score (nSPS) is 18.1. The number of nitrogens with zero attached hydrogens (tertiary/aromatic N) is 3. The van der Waals surface area contributed by atoms with Gasteiger partial charge in [0.05, 0.1) is 4.92 Å². The lowest BCUT2D eigenvalue weighted by atomic mass is 10.2. The van der Waals surface area contributed by atoms with Gasteiger partial charge in [0.25, 0.3) is 5.69 Å². The van der Waals surface area contributed by atoms with Crippen molar-refractivity contribution in [1.29, 1.82) is 0 Å². The number of aromatic nitrogens is 1. The third-order valence-corrected chi connectivity index (χ3v) is 3.65.